The van der Waals surface area contributed by atoms with E-state index in [4.69, 9.17) is 0 Å². The molecule has 1 heterocycles. The maximum Gasteiger partial charge on any atom is 0.416 e. The Morgan fingerprint density at radius 1 is 1.35 bits per heavy atom. The van der Waals surface area contributed by atoms with Crippen LogP contribution >= 0.6 is 11.3 Å². The Balaban J connectivity index is 2.17. The summed E-state index contributed by atoms with van der Waals surface area (Å²) in [5.74, 6) is 0. The molecule has 0 saturated heterocycles. The summed E-state index contributed by atoms with van der Waals surface area (Å²) in [7, 11) is 3.95. The van der Waals surface area contributed by atoms with E-state index in [0.29, 0.717) is 23.2 Å². The molecule has 1 aromatic carbocycles. The zero-order chi connectivity index (χ0) is 14.9. The molecule has 7 heteroatoms. The van der Waals surface area contributed by atoms with E-state index < -0.39 is 11.7 Å². The van der Waals surface area contributed by atoms with Crippen molar-refractivity contribution in [2.45, 2.75) is 19.1 Å². The van der Waals surface area contributed by atoms with E-state index in [1.54, 1.807) is 0 Å². The first-order valence-electron chi connectivity index (χ1n) is 6.15. The lowest BCUT2D eigenvalue weighted by atomic mass is 10.2. The normalized spacial score (nSPS) is 13.9. The molecular formula is C13H16F3N3S. The molecule has 0 fully saturated rings. The molecule has 1 N–H and O–H groups in total. The fourth-order valence-electron chi connectivity index (χ4n) is 1.60. The van der Waals surface area contributed by atoms with Crippen molar-refractivity contribution in [3.63, 3.8) is 0 Å². The van der Waals surface area contributed by atoms with Gasteiger partial charge in [0.15, 0.2) is 5.13 Å². The number of fused-ring (bicyclic) bond motifs is 1. The van der Waals surface area contributed by atoms with Crippen LogP contribution in [0.4, 0.5) is 18.3 Å². The highest BCUT2D eigenvalue weighted by atomic mass is 32.1. The Kier molecular flexibility index (Phi) is 4.19. The molecule has 110 valence electrons. The van der Waals surface area contributed by atoms with Crippen molar-refractivity contribution in [2.24, 2.45) is 0 Å². The molecule has 0 bridgehead atoms. The standard InChI is InChI=1S/C13H16F3N3S/c1-8(19(2)3)7-17-12-18-10-6-9(13(14,15)16)4-5-11(10)20-12/h4-6,8H,7H2,1-3H3,(H,17,18). The van der Waals surface area contributed by atoms with Crippen molar-refractivity contribution in [3.8, 4) is 0 Å². The van der Waals surface area contributed by atoms with Gasteiger partial charge in [-0.2, -0.15) is 13.2 Å². The lowest BCUT2D eigenvalue weighted by molar-refractivity contribution is -0.137. The summed E-state index contributed by atoms with van der Waals surface area (Å²) in [6.07, 6.45) is -4.33. The molecule has 0 saturated carbocycles. The Hall–Kier alpha value is -1.34. The van der Waals surface area contributed by atoms with Crippen LogP contribution in [0.1, 0.15) is 12.5 Å². The van der Waals surface area contributed by atoms with Crippen LogP contribution in [0.15, 0.2) is 18.2 Å². The van der Waals surface area contributed by atoms with Crippen molar-refractivity contribution in [1.29, 1.82) is 0 Å². The molecular weight excluding hydrogens is 287 g/mol. The van der Waals surface area contributed by atoms with Crippen molar-refractivity contribution < 1.29 is 13.2 Å². The smallest absolute Gasteiger partial charge is 0.360 e. The highest BCUT2D eigenvalue weighted by molar-refractivity contribution is 7.22. The minimum Gasteiger partial charge on any atom is -0.360 e. The van der Waals surface area contributed by atoms with E-state index in [0.717, 1.165) is 16.8 Å². The predicted molar refractivity (Wildman–Crippen MR) is 76.3 cm³/mol. The Bertz CT molecular complexity index is 592. The first-order chi connectivity index (χ1) is 9.27. The molecule has 1 unspecified atom stereocenters. The Morgan fingerprint density at radius 2 is 2.05 bits per heavy atom. The van der Waals surface area contributed by atoms with E-state index in [9.17, 15) is 13.2 Å². The van der Waals surface area contributed by atoms with Gasteiger partial charge in [-0.15, -0.1) is 0 Å². The van der Waals surface area contributed by atoms with Gasteiger partial charge in [-0.1, -0.05) is 11.3 Å². The fourth-order valence-corrected chi connectivity index (χ4v) is 2.45. The topological polar surface area (TPSA) is 28.2 Å². The van der Waals surface area contributed by atoms with Gasteiger partial charge in [-0.05, 0) is 39.2 Å². The molecule has 0 radical (unpaired) electrons. The zero-order valence-corrected chi connectivity index (χ0v) is 12.3. The minimum atomic E-state index is -4.33. The summed E-state index contributed by atoms with van der Waals surface area (Å²) >= 11 is 1.36. The summed E-state index contributed by atoms with van der Waals surface area (Å²) in [4.78, 5) is 6.26. The maximum atomic E-state index is 12.6. The van der Waals surface area contributed by atoms with Gasteiger partial charge in [0.2, 0.25) is 0 Å². The van der Waals surface area contributed by atoms with Crippen molar-refractivity contribution >= 4 is 26.7 Å². The van der Waals surface area contributed by atoms with Crippen LogP contribution in [-0.2, 0) is 6.18 Å². The first kappa shape index (κ1) is 15.1. The van der Waals surface area contributed by atoms with Crippen LogP contribution in [0, 0.1) is 0 Å². The van der Waals surface area contributed by atoms with E-state index in [2.05, 4.69) is 22.1 Å². The second-order valence-corrected chi connectivity index (χ2v) is 5.92. The van der Waals surface area contributed by atoms with E-state index in [-0.39, 0.29) is 0 Å². The molecule has 1 aromatic heterocycles. The zero-order valence-electron chi connectivity index (χ0n) is 11.5. The summed E-state index contributed by atoms with van der Waals surface area (Å²) in [5, 5.41) is 3.80. The van der Waals surface area contributed by atoms with Crippen LogP contribution < -0.4 is 5.32 Å². The number of likely N-dealkylation sites (N-methyl/N-ethyl adjacent to an activating group) is 1. The van der Waals surface area contributed by atoms with Crippen LogP contribution in [0.5, 0.6) is 0 Å². The van der Waals surface area contributed by atoms with E-state index in [1.165, 1.54) is 17.4 Å². The molecule has 20 heavy (non-hydrogen) atoms. The first-order valence-corrected chi connectivity index (χ1v) is 6.97. The van der Waals surface area contributed by atoms with Gasteiger partial charge in [0, 0.05) is 12.6 Å². The van der Waals surface area contributed by atoms with Gasteiger partial charge >= 0.3 is 6.18 Å². The number of alkyl halides is 3. The number of nitrogens with zero attached hydrogens (tertiary/aromatic N) is 2. The number of halogens is 3. The van der Waals surface area contributed by atoms with E-state index >= 15 is 0 Å². The summed E-state index contributed by atoms with van der Waals surface area (Å²) < 4.78 is 38.6. The molecule has 0 aliphatic carbocycles. The van der Waals surface area contributed by atoms with Gasteiger partial charge in [0.05, 0.1) is 15.8 Å². The lowest BCUT2D eigenvalue weighted by Crippen LogP contribution is -2.31. The number of nitrogens with one attached hydrogen (secondary N) is 1. The monoisotopic (exact) mass is 303 g/mol. The summed E-state index contributed by atoms with van der Waals surface area (Å²) in [5.41, 5.74) is -0.284. The number of hydrogen-bond acceptors (Lipinski definition) is 4. The number of benzene rings is 1. The molecule has 0 amide bonds. The van der Waals surface area contributed by atoms with Crippen LogP contribution in [0.25, 0.3) is 10.2 Å². The average molecular weight is 303 g/mol. The second-order valence-electron chi connectivity index (χ2n) is 4.89. The number of anilines is 1. The third-order valence-corrected chi connectivity index (χ3v) is 4.14. The number of aromatic nitrogens is 1. The van der Waals surface area contributed by atoms with Crippen LogP contribution in [0.3, 0.4) is 0 Å². The summed E-state index contributed by atoms with van der Waals surface area (Å²) in [6, 6.07) is 3.96. The molecule has 1 atom stereocenters. The molecule has 2 aromatic rings. The maximum absolute atomic E-state index is 12.6. The van der Waals surface area contributed by atoms with Gasteiger partial charge in [-0.3, -0.25) is 0 Å². The van der Waals surface area contributed by atoms with Crippen molar-refractivity contribution in [1.82, 2.24) is 9.88 Å². The molecule has 0 spiro atoms. The fraction of sp³-hybridized carbons (Fsp3) is 0.462. The predicted octanol–water partition coefficient (Wildman–Crippen LogP) is 3.68. The Morgan fingerprint density at radius 3 is 2.65 bits per heavy atom. The van der Waals surface area contributed by atoms with Crippen LogP contribution in [-0.4, -0.2) is 36.6 Å². The number of thiazole rings is 1. The molecule has 0 aliphatic heterocycles. The third kappa shape index (κ3) is 3.40. The average Bonchev–Trinajstić information content (AvgIpc) is 2.76. The minimum absolute atomic E-state index is 0.313. The second kappa shape index (κ2) is 5.57. The largest absolute Gasteiger partial charge is 0.416 e. The lowest BCUT2D eigenvalue weighted by Gasteiger charge is -2.19. The molecule has 0 aliphatic rings. The van der Waals surface area contributed by atoms with Gasteiger partial charge < -0.3 is 10.2 Å². The van der Waals surface area contributed by atoms with Gasteiger partial charge in [0.25, 0.3) is 0 Å². The van der Waals surface area contributed by atoms with Crippen molar-refractivity contribution in [3.05, 3.63) is 23.8 Å². The van der Waals surface area contributed by atoms with Crippen molar-refractivity contribution in [2.75, 3.05) is 26.0 Å². The quantitative estimate of drug-likeness (QED) is 0.934. The van der Waals surface area contributed by atoms with Gasteiger partial charge in [-0.25, -0.2) is 4.98 Å². The SMILES string of the molecule is CC(CNc1nc2cc(C(F)(F)F)ccc2s1)N(C)C. The number of rotatable bonds is 4. The van der Waals surface area contributed by atoms with Crippen LogP contribution in [0.2, 0.25) is 0 Å². The van der Waals surface area contributed by atoms with E-state index in [1.807, 2.05) is 14.1 Å². The number of hydrogen-bond donors (Lipinski definition) is 1. The molecule has 2 rings (SSSR count). The highest BCUT2D eigenvalue weighted by Crippen LogP contribution is 2.33. The third-order valence-electron chi connectivity index (χ3n) is 3.15. The molecule has 3 nitrogen and oxygen atoms in total. The van der Waals surface area contributed by atoms with Gasteiger partial charge in [0.1, 0.15) is 0 Å². The Labute approximate surface area is 119 Å². The summed E-state index contributed by atoms with van der Waals surface area (Å²) in [6.45, 7) is 2.75. The highest BCUT2D eigenvalue weighted by Gasteiger charge is 2.30.